The van der Waals surface area contributed by atoms with Crippen molar-refractivity contribution in [1.82, 2.24) is 0 Å². The minimum atomic E-state index is -4.31. The molecule has 1 aliphatic carbocycles. The molecule has 7 heteroatoms. The molecule has 2 rings (SSSR count). The minimum Gasteiger partial charge on any atom is -0.480 e. The maximum atomic E-state index is 11.3. The first kappa shape index (κ1) is 13.2. The summed E-state index contributed by atoms with van der Waals surface area (Å²) in [5.74, 6) is -1.23. The summed E-state index contributed by atoms with van der Waals surface area (Å²) in [6.07, 6.45) is 1.51. The molecule has 18 heavy (non-hydrogen) atoms. The van der Waals surface area contributed by atoms with Crippen molar-refractivity contribution in [1.29, 1.82) is 0 Å². The topological polar surface area (TPSA) is 121 Å². The van der Waals surface area contributed by atoms with E-state index in [2.05, 4.69) is 0 Å². The molecule has 1 aliphatic rings. The summed E-state index contributed by atoms with van der Waals surface area (Å²) in [5, 5.41) is 9.10. The molecular weight excluding hydrogens is 257 g/mol. The zero-order valence-electron chi connectivity index (χ0n) is 9.48. The van der Waals surface area contributed by atoms with Crippen LogP contribution >= 0.6 is 7.60 Å². The molecule has 1 atom stereocenters. The van der Waals surface area contributed by atoms with Crippen molar-refractivity contribution in [3.05, 3.63) is 29.8 Å². The molecule has 0 unspecified atom stereocenters. The highest BCUT2D eigenvalue weighted by Crippen LogP contribution is 2.44. The van der Waals surface area contributed by atoms with Crippen LogP contribution in [0.5, 0.6) is 0 Å². The monoisotopic (exact) mass is 271 g/mol. The number of benzene rings is 1. The Morgan fingerprint density at radius 3 is 2.11 bits per heavy atom. The van der Waals surface area contributed by atoms with Gasteiger partial charge in [0, 0.05) is 0 Å². The van der Waals surface area contributed by atoms with Crippen LogP contribution in [0, 0.1) is 5.92 Å². The Bertz CT molecular complexity index is 519. The van der Waals surface area contributed by atoms with E-state index in [1.165, 1.54) is 24.3 Å². The second-order valence-corrected chi connectivity index (χ2v) is 6.14. The van der Waals surface area contributed by atoms with E-state index in [0.29, 0.717) is 5.56 Å². The number of carbonyl (C=O) groups is 1. The Balaban J connectivity index is 2.39. The third-order valence-electron chi connectivity index (χ3n) is 3.26. The van der Waals surface area contributed by atoms with Crippen molar-refractivity contribution >= 4 is 18.9 Å². The first-order chi connectivity index (χ1) is 8.26. The predicted molar refractivity (Wildman–Crippen MR) is 64.3 cm³/mol. The lowest BCUT2D eigenvalue weighted by molar-refractivity contribution is -0.144. The minimum absolute atomic E-state index is 0.115. The van der Waals surface area contributed by atoms with Gasteiger partial charge >= 0.3 is 13.6 Å². The Hall–Kier alpha value is -1.20. The second-order valence-electron chi connectivity index (χ2n) is 4.54. The summed E-state index contributed by atoms with van der Waals surface area (Å²) in [4.78, 5) is 29.3. The van der Waals surface area contributed by atoms with Gasteiger partial charge in [-0.2, -0.15) is 0 Å². The van der Waals surface area contributed by atoms with Crippen LogP contribution in [-0.4, -0.2) is 20.9 Å². The molecule has 1 fully saturated rings. The van der Waals surface area contributed by atoms with Crippen LogP contribution in [0.4, 0.5) is 0 Å². The highest BCUT2D eigenvalue weighted by atomic mass is 31.2. The summed E-state index contributed by atoms with van der Waals surface area (Å²) in [7, 11) is -4.31. The molecule has 0 radical (unpaired) electrons. The maximum Gasteiger partial charge on any atom is 0.356 e. The van der Waals surface area contributed by atoms with Crippen molar-refractivity contribution in [2.45, 2.75) is 18.4 Å². The molecule has 0 amide bonds. The van der Waals surface area contributed by atoms with Gasteiger partial charge in [0.1, 0.15) is 5.54 Å². The fraction of sp³-hybridized carbons (Fsp3) is 0.364. The number of carboxylic acid groups (broad SMARTS) is 1. The third kappa shape index (κ3) is 2.20. The Morgan fingerprint density at radius 2 is 1.78 bits per heavy atom. The highest BCUT2D eigenvalue weighted by molar-refractivity contribution is 7.60. The predicted octanol–water partition coefficient (Wildman–Crippen LogP) is 0.138. The van der Waals surface area contributed by atoms with Crippen LogP contribution in [0.1, 0.15) is 18.4 Å². The van der Waals surface area contributed by atoms with E-state index in [-0.39, 0.29) is 11.2 Å². The fourth-order valence-corrected chi connectivity index (χ4v) is 2.54. The summed E-state index contributed by atoms with van der Waals surface area (Å²) < 4.78 is 11.0. The van der Waals surface area contributed by atoms with Crippen LogP contribution in [0.2, 0.25) is 0 Å². The van der Waals surface area contributed by atoms with Crippen molar-refractivity contribution in [3.8, 4) is 0 Å². The summed E-state index contributed by atoms with van der Waals surface area (Å²) in [5.41, 5.74) is 4.84. The standard InChI is InChI=1S/C11H14NO5P/c12-11(10(13)14,7-1-2-7)8-3-5-9(6-4-8)18(15,16)17/h3-7H,1-2,12H2,(H,13,14)(H2,15,16,17)/t11-/m0/s1. The molecule has 0 heterocycles. The number of rotatable bonds is 4. The van der Waals surface area contributed by atoms with E-state index in [0.717, 1.165) is 12.8 Å². The van der Waals surface area contributed by atoms with Gasteiger partial charge in [-0.15, -0.1) is 0 Å². The Morgan fingerprint density at radius 1 is 1.28 bits per heavy atom. The zero-order chi connectivity index (χ0) is 13.6. The van der Waals surface area contributed by atoms with Crippen LogP contribution < -0.4 is 11.0 Å². The van der Waals surface area contributed by atoms with Gasteiger partial charge in [-0.3, -0.25) is 4.57 Å². The number of hydrogen-bond acceptors (Lipinski definition) is 3. The number of aliphatic carboxylic acids is 1. The zero-order valence-corrected chi connectivity index (χ0v) is 10.4. The van der Waals surface area contributed by atoms with Gasteiger partial charge in [0.05, 0.1) is 5.30 Å². The molecule has 0 spiro atoms. The molecule has 0 aliphatic heterocycles. The molecule has 1 saturated carbocycles. The number of carboxylic acids is 1. The molecule has 1 aromatic carbocycles. The average molecular weight is 271 g/mol. The number of hydrogen-bond donors (Lipinski definition) is 4. The lowest BCUT2D eigenvalue weighted by atomic mass is 9.86. The van der Waals surface area contributed by atoms with Crippen LogP contribution in [-0.2, 0) is 14.9 Å². The average Bonchev–Trinajstić information content (AvgIpc) is 3.10. The van der Waals surface area contributed by atoms with Gasteiger partial charge in [0.25, 0.3) is 0 Å². The first-order valence-electron chi connectivity index (χ1n) is 5.45. The quantitative estimate of drug-likeness (QED) is 0.578. The van der Waals surface area contributed by atoms with E-state index in [4.69, 9.17) is 15.5 Å². The Kier molecular flexibility index (Phi) is 3.07. The van der Waals surface area contributed by atoms with E-state index >= 15 is 0 Å². The van der Waals surface area contributed by atoms with E-state index in [1.807, 2.05) is 0 Å². The summed E-state index contributed by atoms with van der Waals surface area (Å²) in [6, 6.07) is 5.20. The van der Waals surface area contributed by atoms with Crippen LogP contribution in [0.25, 0.3) is 0 Å². The van der Waals surface area contributed by atoms with Gasteiger partial charge in [0.2, 0.25) is 0 Å². The SMILES string of the molecule is N[C@](C(=O)O)(c1ccc(P(=O)(O)O)cc1)C1CC1. The van der Waals surface area contributed by atoms with Gasteiger partial charge in [0.15, 0.2) is 0 Å². The lowest BCUT2D eigenvalue weighted by Crippen LogP contribution is -2.47. The Labute approximate surface area is 104 Å². The van der Waals surface area contributed by atoms with Gasteiger partial charge < -0.3 is 20.6 Å². The van der Waals surface area contributed by atoms with E-state index < -0.39 is 19.1 Å². The van der Waals surface area contributed by atoms with Gasteiger partial charge in [-0.05, 0) is 36.5 Å². The second kappa shape index (κ2) is 4.17. The van der Waals surface area contributed by atoms with E-state index in [9.17, 15) is 14.5 Å². The molecule has 6 nitrogen and oxygen atoms in total. The summed E-state index contributed by atoms with van der Waals surface area (Å²) in [6.45, 7) is 0. The molecule has 5 N–H and O–H groups in total. The molecular formula is C11H14NO5P. The fourth-order valence-electron chi connectivity index (χ4n) is 2.00. The molecule has 98 valence electrons. The largest absolute Gasteiger partial charge is 0.480 e. The van der Waals surface area contributed by atoms with Crippen molar-refractivity contribution in [2.24, 2.45) is 11.7 Å². The first-order valence-corrected chi connectivity index (χ1v) is 7.06. The van der Waals surface area contributed by atoms with Crippen LogP contribution in [0.15, 0.2) is 24.3 Å². The lowest BCUT2D eigenvalue weighted by Gasteiger charge is -2.25. The van der Waals surface area contributed by atoms with E-state index in [1.54, 1.807) is 0 Å². The van der Waals surface area contributed by atoms with Crippen molar-refractivity contribution < 1.29 is 24.3 Å². The van der Waals surface area contributed by atoms with Crippen molar-refractivity contribution in [3.63, 3.8) is 0 Å². The summed E-state index contributed by atoms with van der Waals surface area (Å²) >= 11 is 0. The van der Waals surface area contributed by atoms with Gasteiger partial charge in [-0.25, -0.2) is 4.79 Å². The van der Waals surface area contributed by atoms with Crippen LogP contribution in [0.3, 0.4) is 0 Å². The number of nitrogens with two attached hydrogens (primary N) is 1. The highest BCUT2D eigenvalue weighted by Gasteiger charge is 2.49. The smallest absolute Gasteiger partial charge is 0.356 e. The van der Waals surface area contributed by atoms with Gasteiger partial charge in [-0.1, -0.05) is 12.1 Å². The molecule has 1 aromatic rings. The maximum absolute atomic E-state index is 11.3. The third-order valence-corrected chi connectivity index (χ3v) is 4.23. The molecule has 0 aromatic heterocycles. The molecule has 0 bridgehead atoms. The van der Waals surface area contributed by atoms with Crippen molar-refractivity contribution in [2.75, 3.05) is 0 Å². The molecule has 0 saturated heterocycles. The normalized spacial score (nSPS) is 19.3.